The van der Waals surface area contributed by atoms with E-state index in [1.54, 1.807) is 18.2 Å². The molecular formula is C17H12FNO3S. The summed E-state index contributed by atoms with van der Waals surface area (Å²) >= 11 is 0.959. The Kier molecular flexibility index (Phi) is 4.43. The molecular weight excluding hydrogens is 317 g/mol. The van der Waals surface area contributed by atoms with Crippen molar-refractivity contribution in [3.63, 3.8) is 0 Å². The molecule has 0 aliphatic carbocycles. The van der Waals surface area contributed by atoms with Crippen LogP contribution >= 0.6 is 11.8 Å². The van der Waals surface area contributed by atoms with E-state index in [4.69, 9.17) is 9.52 Å². The third-order valence-electron chi connectivity index (χ3n) is 3.09. The molecule has 0 aliphatic heterocycles. The van der Waals surface area contributed by atoms with Crippen molar-refractivity contribution < 1.29 is 18.7 Å². The number of carbonyl (C=O) groups is 1. The van der Waals surface area contributed by atoms with E-state index in [1.165, 1.54) is 6.07 Å². The van der Waals surface area contributed by atoms with Gasteiger partial charge >= 0.3 is 5.97 Å². The number of aliphatic carboxylic acids is 1. The van der Waals surface area contributed by atoms with Crippen molar-refractivity contribution in [3.05, 3.63) is 60.4 Å². The third kappa shape index (κ3) is 3.43. The van der Waals surface area contributed by atoms with Gasteiger partial charge in [0, 0.05) is 5.56 Å². The molecule has 0 amide bonds. The van der Waals surface area contributed by atoms with E-state index in [1.807, 2.05) is 30.3 Å². The van der Waals surface area contributed by atoms with Crippen LogP contribution in [-0.2, 0) is 4.79 Å². The van der Waals surface area contributed by atoms with Crippen molar-refractivity contribution >= 4 is 17.7 Å². The summed E-state index contributed by atoms with van der Waals surface area (Å²) in [6, 6.07) is 15.5. The standard InChI is InChI=1S/C17H12FNO3S/c18-13-9-5-4-8-12(13)16-15(11-6-2-1-3-7-11)19-17(22-16)23-10-14(20)21/h1-9H,10H2,(H,20,21). The highest BCUT2D eigenvalue weighted by Crippen LogP contribution is 2.36. The van der Waals surface area contributed by atoms with Gasteiger partial charge in [0.05, 0.1) is 5.56 Å². The Morgan fingerprint density at radius 3 is 2.52 bits per heavy atom. The van der Waals surface area contributed by atoms with Crippen molar-refractivity contribution in [2.75, 3.05) is 5.75 Å². The van der Waals surface area contributed by atoms with Crippen molar-refractivity contribution in [2.24, 2.45) is 0 Å². The second-order valence-electron chi connectivity index (χ2n) is 4.69. The molecule has 0 saturated heterocycles. The number of hydrogen-bond donors (Lipinski definition) is 1. The van der Waals surface area contributed by atoms with Gasteiger partial charge in [0.1, 0.15) is 17.3 Å². The van der Waals surface area contributed by atoms with Crippen LogP contribution in [0.1, 0.15) is 0 Å². The van der Waals surface area contributed by atoms with Crippen molar-refractivity contribution in [3.8, 4) is 22.6 Å². The predicted molar refractivity (Wildman–Crippen MR) is 85.7 cm³/mol. The molecule has 0 atom stereocenters. The zero-order chi connectivity index (χ0) is 16.2. The van der Waals surface area contributed by atoms with E-state index in [2.05, 4.69) is 4.98 Å². The minimum atomic E-state index is -0.970. The molecule has 3 rings (SSSR count). The van der Waals surface area contributed by atoms with E-state index in [9.17, 15) is 9.18 Å². The highest BCUT2D eigenvalue weighted by Gasteiger charge is 2.20. The van der Waals surface area contributed by atoms with Gasteiger partial charge in [0.25, 0.3) is 5.22 Å². The number of thioether (sulfide) groups is 1. The largest absolute Gasteiger partial charge is 0.481 e. The normalized spacial score (nSPS) is 10.7. The zero-order valence-corrected chi connectivity index (χ0v) is 12.7. The monoisotopic (exact) mass is 329 g/mol. The predicted octanol–water partition coefficient (Wildman–Crippen LogP) is 4.32. The summed E-state index contributed by atoms with van der Waals surface area (Å²) in [6.45, 7) is 0. The topological polar surface area (TPSA) is 63.3 Å². The molecule has 0 fully saturated rings. The van der Waals surface area contributed by atoms with Crippen LogP contribution in [0.5, 0.6) is 0 Å². The molecule has 0 aliphatic rings. The lowest BCUT2D eigenvalue weighted by Crippen LogP contribution is -1.97. The first-order chi connectivity index (χ1) is 11.1. The van der Waals surface area contributed by atoms with Gasteiger partial charge < -0.3 is 9.52 Å². The molecule has 116 valence electrons. The number of carboxylic acid groups (broad SMARTS) is 1. The van der Waals surface area contributed by atoms with Crippen LogP contribution in [0.25, 0.3) is 22.6 Å². The van der Waals surface area contributed by atoms with Gasteiger partial charge in [-0.3, -0.25) is 4.79 Å². The van der Waals surface area contributed by atoms with Crippen LogP contribution in [0.4, 0.5) is 4.39 Å². The maximum atomic E-state index is 14.1. The number of rotatable bonds is 5. The van der Waals surface area contributed by atoms with Gasteiger partial charge in [-0.2, -0.15) is 0 Å². The Morgan fingerprint density at radius 1 is 1.13 bits per heavy atom. The van der Waals surface area contributed by atoms with E-state index in [0.717, 1.165) is 17.3 Å². The first-order valence-electron chi connectivity index (χ1n) is 6.81. The van der Waals surface area contributed by atoms with E-state index >= 15 is 0 Å². The number of nitrogens with zero attached hydrogens (tertiary/aromatic N) is 1. The summed E-state index contributed by atoms with van der Waals surface area (Å²) < 4.78 is 19.7. The van der Waals surface area contributed by atoms with E-state index in [-0.39, 0.29) is 11.0 Å². The maximum Gasteiger partial charge on any atom is 0.314 e. The highest BCUT2D eigenvalue weighted by molar-refractivity contribution is 7.99. The first kappa shape index (κ1) is 15.3. The Bertz CT molecular complexity index is 833. The second-order valence-corrected chi connectivity index (χ2v) is 5.61. The lowest BCUT2D eigenvalue weighted by molar-refractivity contribution is -0.133. The summed E-state index contributed by atoms with van der Waals surface area (Å²) in [5.41, 5.74) is 1.56. The van der Waals surface area contributed by atoms with Crippen molar-refractivity contribution in [1.29, 1.82) is 0 Å². The fraction of sp³-hybridized carbons (Fsp3) is 0.0588. The smallest absolute Gasteiger partial charge is 0.314 e. The van der Waals surface area contributed by atoms with Crippen LogP contribution in [0.3, 0.4) is 0 Å². The molecule has 1 heterocycles. The van der Waals surface area contributed by atoms with Crippen LogP contribution < -0.4 is 0 Å². The second kappa shape index (κ2) is 6.66. The van der Waals surface area contributed by atoms with Gasteiger partial charge in [-0.1, -0.05) is 54.2 Å². The van der Waals surface area contributed by atoms with E-state index in [0.29, 0.717) is 17.0 Å². The molecule has 1 aromatic heterocycles. The SMILES string of the molecule is O=C(O)CSc1nc(-c2ccccc2)c(-c2ccccc2F)o1. The average Bonchev–Trinajstić information content (AvgIpc) is 2.98. The summed E-state index contributed by atoms with van der Waals surface area (Å²) in [5.74, 6) is -1.27. The summed E-state index contributed by atoms with van der Waals surface area (Å²) in [4.78, 5) is 15.0. The minimum absolute atomic E-state index is 0.175. The number of benzene rings is 2. The molecule has 0 saturated carbocycles. The fourth-order valence-electron chi connectivity index (χ4n) is 2.11. The van der Waals surface area contributed by atoms with Crippen LogP contribution in [0.2, 0.25) is 0 Å². The summed E-state index contributed by atoms with van der Waals surface area (Å²) in [7, 11) is 0. The lowest BCUT2D eigenvalue weighted by atomic mass is 10.1. The Morgan fingerprint density at radius 2 is 1.83 bits per heavy atom. The Labute approximate surface area is 136 Å². The van der Waals surface area contributed by atoms with Gasteiger partial charge in [0.2, 0.25) is 0 Å². The summed E-state index contributed by atoms with van der Waals surface area (Å²) in [5, 5.41) is 8.98. The molecule has 2 aromatic carbocycles. The third-order valence-corrected chi connectivity index (χ3v) is 3.91. The Balaban J connectivity index is 2.09. The highest BCUT2D eigenvalue weighted by atomic mass is 32.2. The van der Waals surface area contributed by atoms with Gasteiger partial charge in [-0.15, -0.1) is 0 Å². The van der Waals surface area contributed by atoms with Gasteiger partial charge in [-0.25, -0.2) is 9.37 Å². The maximum absolute atomic E-state index is 14.1. The fourth-order valence-corrected chi connectivity index (χ4v) is 2.65. The molecule has 0 spiro atoms. The number of aromatic nitrogens is 1. The molecule has 0 bridgehead atoms. The quantitative estimate of drug-likeness (QED) is 0.706. The zero-order valence-electron chi connectivity index (χ0n) is 11.9. The summed E-state index contributed by atoms with van der Waals surface area (Å²) in [6.07, 6.45) is 0. The molecule has 3 aromatic rings. The molecule has 23 heavy (non-hydrogen) atoms. The Hall–Kier alpha value is -2.60. The molecule has 6 heteroatoms. The minimum Gasteiger partial charge on any atom is -0.481 e. The lowest BCUT2D eigenvalue weighted by Gasteiger charge is -2.02. The molecule has 4 nitrogen and oxygen atoms in total. The van der Waals surface area contributed by atoms with E-state index < -0.39 is 11.8 Å². The van der Waals surface area contributed by atoms with Crippen LogP contribution in [0.15, 0.2) is 64.2 Å². The molecule has 0 unspecified atom stereocenters. The van der Waals surface area contributed by atoms with Crippen molar-refractivity contribution in [1.82, 2.24) is 4.98 Å². The van der Waals surface area contributed by atoms with Crippen LogP contribution in [-0.4, -0.2) is 21.8 Å². The molecule has 0 radical (unpaired) electrons. The number of hydrogen-bond acceptors (Lipinski definition) is 4. The van der Waals surface area contributed by atoms with Crippen LogP contribution in [0, 0.1) is 5.82 Å². The number of carboxylic acids is 1. The first-order valence-corrected chi connectivity index (χ1v) is 7.79. The van der Waals surface area contributed by atoms with Gasteiger partial charge in [-0.05, 0) is 12.1 Å². The van der Waals surface area contributed by atoms with Gasteiger partial charge in [0.15, 0.2) is 5.76 Å². The molecule has 1 N–H and O–H groups in total. The average molecular weight is 329 g/mol. The number of halogens is 1. The number of oxazole rings is 1. The van der Waals surface area contributed by atoms with Crippen molar-refractivity contribution in [2.45, 2.75) is 5.22 Å².